The molecule has 0 aliphatic rings. The molecule has 1 amide bonds. The third kappa shape index (κ3) is 4.20. The van der Waals surface area contributed by atoms with E-state index in [1.165, 1.54) is 4.68 Å². The minimum absolute atomic E-state index is 0.0673. The van der Waals surface area contributed by atoms with E-state index in [1.54, 1.807) is 6.07 Å². The minimum Gasteiger partial charge on any atom is -0.321 e. The number of aromatic nitrogens is 2. The molecule has 154 valence electrons. The highest BCUT2D eigenvalue weighted by Gasteiger charge is 2.25. The van der Waals surface area contributed by atoms with Crippen LogP contribution in [0, 0.1) is 0 Å². The van der Waals surface area contributed by atoms with Gasteiger partial charge in [-0.2, -0.15) is 5.10 Å². The highest BCUT2D eigenvalue weighted by molar-refractivity contribution is 9.10. The van der Waals surface area contributed by atoms with Crippen molar-refractivity contribution in [2.75, 3.05) is 5.32 Å². The number of halogens is 1. The molecule has 0 fully saturated rings. The third-order valence-electron chi connectivity index (χ3n) is 4.91. The fourth-order valence-corrected chi connectivity index (χ4v) is 3.81. The Hall–Kier alpha value is -3.51. The number of nitrogens with zero attached hydrogens (tertiary/aromatic N) is 2. The predicted octanol–water partition coefficient (Wildman–Crippen LogP) is 5.61. The Morgan fingerprint density at radius 3 is 2.10 bits per heavy atom. The Kier molecular flexibility index (Phi) is 6.09. The number of hydrogen-bond acceptors (Lipinski definition) is 3. The molecule has 1 aromatic heterocycles. The average Bonchev–Trinajstić information content (AvgIpc) is 2.81. The molecule has 3 aromatic carbocycles. The van der Waals surface area contributed by atoms with E-state index >= 15 is 0 Å². The zero-order valence-electron chi connectivity index (χ0n) is 16.9. The number of carbonyl (C=O) groups is 1. The van der Waals surface area contributed by atoms with Crippen molar-refractivity contribution in [2.45, 2.75) is 13.5 Å². The maximum absolute atomic E-state index is 13.5. The second-order valence-electron chi connectivity index (χ2n) is 6.89. The molecule has 0 spiro atoms. The monoisotopic (exact) mass is 473 g/mol. The van der Waals surface area contributed by atoms with E-state index < -0.39 is 11.5 Å². The quantitative estimate of drug-likeness (QED) is 0.409. The van der Waals surface area contributed by atoms with Gasteiger partial charge in [-0.05, 0) is 40.5 Å². The van der Waals surface area contributed by atoms with E-state index in [0.717, 1.165) is 15.6 Å². The number of hydrogen-bond donors (Lipinski definition) is 1. The van der Waals surface area contributed by atoms with E-state index in [2.05, 4.69) is 26.3 Å². The highest BCUT2D eigenvalue weighted by atomic mass is 79.9. The van der Waals surface area contributed by atoms with Crippen molar-refractivity contribution in [1.29, 1.82) is 0 Å². The fourth-order valence-electron chi connectivity index (χ4n) is 3.43. The maximum atomic E-state index is 13.5. The van der Waals surface area contributed by atoms with Crippen molar-refractivity contribution < 1.29 is 4.79 Å². The number of rotatable bonds is 5. The summed E-state index contributed by atoms with van der Waals surface area (Å²) >= 11 is 3.45. The number of aryl methyl sites for hydroxylation is 1. The van der Waals surface area contributed by atoms with Gasteiger partial charge in [0.2, 0.25) is 0 Å². The van der Waals surface area contributed by atoms with Crippen LogP contribution in [0.3, 0.4) is 0 Å². The third-order valence-corrected chi connectivity index (χ3v) is 5.61. The highest BCUT2D eigenvalue weighted by Crippen LogP contribution is 2.32. The maximum Gasteiger partial charge on any atom is 0.280 e. The van der Waals surface area contributed by atoms with Crippen molar-refractivity contribution in [2.24, 2.45) is 0 Å². The Bertz CT molecular complexity index is 1290. The van der Waals surface area contributed by atoms with E-state index in [0.29, 0.717) is 23.5 Å². The summed E-state index contributed by atoms with van der Waals surface area (Å²) in [6.07, 6.45) is 0. The van der Waals surface area contributed by atoms with Crippen LogP contribution in [0.15, 0.2) is 94.2 Å². The van der Waals surface area contributed by atoms with Crippen LogP contribution in [0.1, 0.15) is 17.3 Å². The average molecular weight is 474 g/mol. The summed E-state index contributed by atoms with van der Waals surface area (Å²) in [5.41, 5.74) is 2.93. The SMILES string of the molecule is CCn1nc(-c2ccccc2)c(-c2ccccc2)c(C(=O)Nc2ccccc2Br)c1=O. The molecule has 1 N–H and O–H groups in total. The molecule has 0 aliphatic heterocycles. The van der Waals surface area contributed by atoms with E-state index in [4.69, 9.17) is 0 Å². The Labute approximate surface area is 188 Å². The second-order valence-corrected chi connectivity index (χ2v) is 7.74. The van der Waals surface area contributed by atoms with Gasteiger partial charge in [0.05, 0.1) is 11.4 Å². The molecular weight excluding hydrogens is 454 g/mol. The van der Waals surface area contributed by atoms with Gasteiger partial charge in [0.1, 0.15) is 5.56 Å². The zero-order chi connectivity index (χ0) is 21.8. The van der Waals surface area contributed by atoms with E-state index in [9.17, 15) is 9.59 Å². The van der Waals surface area contributed by atoms with E-state index in [1.807, 2.05) is 85.8 Å². The molecule has 0 atom stereocenters. The van der Waals surface area contributed by atoms with Gasteiger partial charge in [-0.3, -0.25) is 9.59 Å². The zero-order valence-corrected chi connectivity index (χ0v) is 18.5. The van der Waals surface area contributed by atoms with Gasteiger partial charge in [0.15, 0.2) is 0 Å². The minimum atomic E-state index is -0.475. The van der Waals surface area contributed by atoms with Gasteiger partial charge in [0, 0.05) is 22.1 Å². The number of nitrogens with one attached hydrogen (secondary N) is 1. The lowest BCUT2D eigenvalue weighted by molar-refractivity contribution is 0.102. The van der Waals surface area contributed by atoms with Gasteiger partial charge < -0.3 is 5.32 Å². The van der Waals surface area contributed by atoms with Crippen LogP contribution in [0.5, 0.6) is 0 Å². The first kappa shape index (κ1) is 20.8. The summed E-state index contributed by atoms with van der Waals surface area (Å²) in [4.78, 5) is 26.8. The van der Waals surface area contributed by atoms with Crippen LogP contribution in [0.2, 0.25) is 0 Å². The van der Waals surface area contributed by atoms with Crippen LogP contribution in [-0.2, 0) is 6.54 Å². The lowest BCUT2D eigenvalue weighted by Gasteiger charge is -2.17. The molecule has 5 nitrogen and oxygen atoms in total. The smallest absolute Gasteiger partial charge is 0.280 e. The molecule has 0 bridgehead atoms. The summed E-state index contributed by atoms with van der Waals surface area (Å²) < 4.78 is 2.07. The molecule has 6 heteroatoms. The second kappa shape index (κ2) is 9.10. The molecule has 4 rings (SSSR count). The number of amides is 1. The molecule has 0 saturated carbocycles. The van der Waals surface area contributed by atoms with Crippen LogP contribution in [0.4, 0.5) is 5.69 Å². The van der Waals surface area contributed by atoms with Crippen LogP contribution < -0.4 is 10.9 Å². The Morgan fingerprint density at radius 1 is 0.903 bits per heavy atom. The van der Waals surface area contributed by atoms with Crippen molar-refractivity contribution in [3.05, 3.63) is 105 Å². The summed E-state index contributed by atoms with van der Waals surface area (Å²) in [5.74, 6) is -0.475. The first-order chi connectivity index (χ1) is 15.1. The van der Waals surface area contributed by atoms with Crippen molar-refractivity contribution in [3.63, 3.8) is 0 Å². The number of carbonyl (C=O) groups excluding carboxylic acids is 1. The normalized spacial score (nSPS) is 10.6. The molecular formula is C25H20BrN3O2. The van der Waals surface area contributed by atoms with Gasteiger partial charge in [-0.1, -0.05) is 72.8 Å². The summed E-state index contributed by atoms with van der Waals surface area (Å²) in [7, 11) is 0. The van der Waals surface area contributed by atoms with Crippen molar-refractivity contribution in [3.8, 4) is 22.4 Å². The Balaban J connectivity index is 2.00. The van der Waals surface area contributed by atoms with Gasteiger partial charge in [-0.25, -0.2) is 4.68 Å². The number of para-hydroxylation sites is 1. The first-order valence-corrected chi connectivity index (χ1v) is 10.7. The molecule has 4 aromatic rings. The van der Waals surface area contributed by atoms with Gasteiger partial charge in [0.25, 0.3) is 11.5 Å². The lowest BCUT2D eigenvalue weighted by Crippen LogP contribution is -2.32. The molecule has 1 heterocycles. The molecule has 0 saturated heterocycles. The predicted molar refractivity (Wildman–Crippen MR) is 127 cm³/mol. The standard InChI is InChI=1S/C25H20BrN3O2/c1-2-29-25(31)22(24(30)27-20-16-10-9-15-19(20)26)21(17-11-5-3-6-12-17)23(28-29)18-13-7-4-8-14-18/h3-16H,2H2,1H3,(H,27,30). The fraction of sp³-hybridized carbons (Fsp3) is 0.0800. The summed E-state index contributed by atoms with van der Waals surface area (Å²) in [6.45, 7) is 2.18. The topological polar surface area (TPSA) is 64.0 Å². The number of anilines is 1. The van der Waals surface area contributed by atoms with Crippen LogP contribution in [0.25, 0.3) is 22.4 Å². The summed E-state index contributed by atoms with van der Waals surface area (Å²) in [5, 5.41) is 7.50. The molecule has 0 aliphatic carbocycles. The van der Waals surface area contributed by atoms with Gasteiger partial charge >= 0.3 is 0 Å². The van der Waals surface area contributed by atoms with Crippen molar-refractivity contribution in [1.82, 2.24) is 9.78 Å². The number of benzene rings is 3. The first-order valence-electron chi connectivity index (χ1n) is 9.92. The van der Waals surface area contributed by atoms with Gasteiger partial charge in [-0.15, -0.1) is 0 Å². The Morgan fingerprint density at radius 2 is 1.48 bits per heavy atom. The lowest BCUT2D eigenvalue weighted by atomic mass is 9.95. The van der Waals surface area contributed by atoms with Crippen LogP contribution in [-0.4, -0.2) is 15.7 Å². The van der Waals surface area contributed by atoms with E-state index in [-0.39, 0.29) is 5.56 Å². The summed E-state index contributed by atoms with van der Waals surface area (Å²) in [6, 6.07) is 26.3. The largest absolute Gasteiger partial charge is 0.321 e. The van der Waals surface area contributed by atoms with Crippen molar-refractivity contribution >= 4 is 27.5 Å². The molecule has 0 unspecified atom stereocenters. The molecule has 31 heavy (non-hydrogen) atoms. The molecule has 0 radical (unpaired) electrons. The van der Waals surface area contributed by atoms with Crippen LogP contribution >= 0.6 is 15.9 Å².